The minimum absolute atomic E-state index is 0.0834. The van der Waals surface area contributed by atoms with Gasteiger partial charge in [0, 0.05) is 17.8 Å². The van der Waals surface area contributed by atoms with Crippen LogP contribution in [0.4, 0.5) is 0 Å². The van der Waals surface area contributed by atoms with Crippen LogP contribution in [-0.2, 0) is 11.2 Å². The Morgan fingerprint density at radius 2 is 2.06 bits per heavy atom. The van der Waals surface area contributed by atoms with Crippen LogP contribution in [0.3, 0.4) is 0 Å². The number of rotatable bonds is 6. The molecule has 1 aromatic rings. The van der Waals surface area contributed by atoms with Gasteiger partial charge in [-0.1, -0.05) is 28.1 Å². The average molecular weight is 300 g/mol. The molecule has 2 N–H and O–H groups in total. The predicted octanol–water partition coefficient (Wildman–Crippen LogP) is 2.61. The van der Waals surface area contributed by atoms with E-state index in [0.717, 1.165) is 12.8 Å². The first kappa shape index (κ1) is 14.0. The van der Waals surface area contributed by atoms with Gasteiger partial charge in [0.05, 0.1) is 0 Å². The summed E-state index contributed by atoms with van der Waals surface area (Å²) in [6, 6.07) is 7.35. The molecule has 0 saturated heterocycles. The van der Waals surface area contributed by atoms with Crippen molar-refractivity contribution >= 4 is 21.8 Å². The van der Waals surface area contributed by atoms with Crippen molar-refractivity contribution < 1.29 is 9.90 Å². The summed E-state index contributed by atoms with van der Waals surface area (Å²) in [6.45, 7) is 2.01. The molecule has 0 aliphatic heterocycles. The van der Waals surface area contributed by atoms with E-state index in [9.17, 15) is 4.79 Å². The molecule has 0 bridgehead atoms. The second kappa shape index (κ2) is 7.33. The van der Waals surface area contributed by atoms with E-state index < -0.39 is 0 Å². The predicted molar refractivity (Wildman–Crippen MR) is 72.4 cm³/mol. The Balaban J connectivity index is 2.30. The third-order valence-electron chi connectivity index (χ3n) is 2.53. The molecule has 0 aliphatic rings. The molecule has 1 atom stereocenters. The van der Waals surface area contributed by atoms with Gasteiger partial charge in [0.1, 0.15) is 5.75 Å². The number of nitrogens with one attached hydrogen (secondary N) is 1. The Kier molecular flexibility index (Phi) is 6.05. The lowest BCUT2D eigenvalue weighted by Gasteiger charge is -2.13. The third-order valence-corrected chi connectivity index (χ3v) is 2.93. The van der Waals surface area contributed by atoms with E-state index in [2.05, 4.69) is 21.2 Å². The molecule has 94 valence electrons. The van der Waals surface area contributed by atoms with E-state index in [1.54, 1.807) is 12.1 Å². The minimum atomic E-state index is 0.0834. The maximum absolute atomic E-state index is 11.3. The van der Waals surface area contributed by atoms with E-state index in [1.807, 2.05) is 19.1 Å². The number of carbonyl (C=O) groups is 1. The Labute approximate surface area is 110 Å². The second-order valence-corrected chi connectivity index (χ2v) is 4.91. The van der Waals surface area contributed by atoms with Gasteiger partial charge in [0.2, 0.25) is 5.91 Å². The molecule has 0 aliphatic carbocycles. The summed E-state index contributed by atoms with van der Waals surface area (Å²) in [6.07, 6.45) is 2.32. The Bertz CT molecular complexity index is 351. The quantitative estimate of drug-likeness (QED) is 0.793. The number of aromatic hydroxyl groups is 1. The van der Waals surface area contributed by atoms with Crippen molar-refractivity contribution in [1.82, 2.24) is 5.32 Å². The van der Waals surface area contributed by atoms with Crippen LogP contribution in [0, 0.1) is 0 Å². The maximum atomic E-state index is 11.3. The molecule has 0 fully saturated rings. The SMILES string of the molecule is CC(CCc1ccc(O)cc1)NC(=O)CCBr. The Morgan fingerprint density at radius 1 is 1.41 bits per heavy atom. The molecule has 1 unspecified atom stereocenters. The average Bonchev–Trinajstić information content (AvgIpc) is 2.28. The fourth-order valence-electron chi connectivity index (χ4n) is 1.55. The highest BCUT2D eigenvalue weighted by Crippen LogP contribution is 2.11. The van der Waals surface area contributed by atoms with Crippen LogP contribution in [-0.4, -0.2) is 22.4 Å². The zero-order valence-corrected chi connectivity index (χ0v) is 11.5. The summed E-state index contributed by atoms with van der Waals surface area (Å²) >= 11 is 3.24. The molecule has 3 nitrogen and oxygen atoms in total. The summed E-state index contributed by atoms with van der Waals surface area (Å²) < 4.78 is 0. The molecule has 4 heteroatoms. The molecule has 1 amide bonds. The van der Waals surface area contributed by atoms with Crippen molar-refractivity contribution in [3.63, 3.8) is 0 Å². The molecule has 1 aromatic carbocycles. The number of alkyl halides is 1. The third kappa shape index (κ3) is 5.73. The number of amides is 1. The molecule has 0 heterocycles. The van der Waals surface area contributed by atoms with Gasteiger partial charge in [-0.25, -0.2) is 0 Å². The molecule has 0 radical (unpaired) electrons. The van der Waals surface area contributed by atoms with Gasteiger partial charge in [-0.05, 0) is 37.5 Å². The fourth-order valence-corrected chi connectivity index (χ4v) is 1.91. The van der Waals surface area contributed by atoms with Crippen LogP contribution in [0.1, 0.15) is 25.3 Å². The number of phenolic OH excluding ortho intramolecular Hbond substituents is 1. The Hall–Kier alpha value is -1.03. The van der Waals surface area contributed by atoms with Crippen LogP contribution < -0.4 is 5.32 Å². The summed E-state index contributed by atoms with van der Waals surface area (Å²) in [5.41, 5.74) is 1.17. The van der Waals surface area contributed by atoms with Gasteiger partial charge >= 0.3 is 0 Å². The topological polar surface area (TPSA) is 49.3 Å². The number of aryl methyl sites for hydroxylation is 1. The monoisotopic (exact) mass is 299 g/mol. The van der Waals surface area contributed by atoms with Crippen LogP contribution in [0.25, 0.3) is 0 Å². The molecular weight excluding hydrogens is 282 g/mol. The number of hydrogen-bond acceptors (Lipinski definition) is 2. The maximum Gasteiger partial charge on any atom is 0.221 e. The molecule has 0 saturated carbocycles. The minimum Gasteiger partial charge on any atom is -0.508 e. The molecule has 17 heavy (non-hydrogen) atoms. The van der Waals surface area contributed by atoms with E-state index in [0.29, 0.717) is 11.8 Å². The molecule has 0 aromatic heterocycles. The van der Waals surface area contributed by atoms with Gasteiger partial charge in [-0.15, -0.1) is 0 Å². The van der Waals surface area contributed by atoms with E-state index >= 15 is 0 Å². The zero-order chi connectivity index (χ0) is 12.7. The molecule has 0 spiro atoms. The largest absolute Gasteiger partial charge is 0.508 e. The van der Waals surface area contributed by atoms with Crippen LogP contribution in [0.5, 0.6) is 5.75 Å². The first-order valence-corrected chi connectivity index (χ1v) is 6.87. The van der Waals surface area contributed by atoms with Crippen LogP contribution in [0.15, 0.2) is 24.3 Å². The summed E-state index contributed by atoms with van der Waals surface area (Å²) in [4.78, 5) is 11.3. The first-order chi connectivity index (χ1) is 8.11. The van der Waals surface area contributed by atoms with Crippen molar-refractivity contribution in [2.45, 2.75) is 32.2 Å². The number of carbonyl (C=O) groups excluding carboxylic acids is 1. The molecular formula is C13H18BrNO2. The number of halogens is 1. The lowest BCUT2D eigenvalue weighted by molar-refractivity contribution is -0.121. The second-order valence-electron chi connectivity index (χ2n) is 4.11. The highest BCUT2D eigenvalue weighted by atomic mass is 79.9. The van der Waals surface area contributed by atoms with Gasteiger partial charge < -0.3 is 10.4 Å². The summed E-state index contributed by atoms with van der Waals surface area (Å²) in [7, 11) is 0. The van der Waals surface area contributed by atoms with E-state index in [-0.39, 0.29) is 17.7 Å². The smallest absolute Gasteiger partial charge is 0.221 e. The lowest BCUT2D eigenvalue weighted by atomic mass is 10.1. The normalized spacial score (nSPS) is 12.1. The van der Waals surface area contributed by atoms with Crippen molar-refractivity contribution in [3.05, 3.63) is 29.8 Å². The van der Waals surface area contributed by atoms with Crippen molar-refractivity contribution in [3.8, 4) is 5.75 Å². The van der Waals surface area contributed by atoms with Gasteiger partial charge in [0.15, 0.2) is 0 Å². The van der Waals surface area contributed by atoms with Crippen molar-refractivity contribution in [2.75, 3.05) is 5.33 Å². The highest BCUT2D eigenvalue weighted by molar-refractivity contribution is 9.09. The van der Waals surface area contributed by atoms with Crippen molar-refractivity contribution in [2.24, 2.45) is 0 Å². The first-order valence-electron chi connectivity index (χ1n) is 5.75. The standard InChI is InChI=1S/C13H18BrNO2/c1-10(15-13(17)8-9-14)2-3-11-4-6-12(16)7-5-11/h4-7,10,16H,2-3,8-9H2,1H3,(H,15,17). The summed E-state index contributed by atoms with van der Waals surface area (Å²) in [5, 5.41) is 12.8. The van der Waals surface area contributed by atoms with Crippen molar-refractivity contribution in [1.29, 1.82) is 0 Å². The molecule has 1 rings (SSSR count). The van der Waals surface area contributed by atoms with Gasteiger partial charge in [0.25, 0.3) is 0 Å². The lowest BCUT2D eigenvalue weighted by Crippen LogP contribution is -2.32. The van der Waals surface area contributed by atoms with Gasteiger partial charge in [-0.2, -0.15) is 0 Å². The number of benzene rings is 1. The fraction of sp³-hybridized carbons (Fsp3) is 0.462. The number of hydrogen-bond donors (Lipinski definition) is 2. The zero-order valence-electron chi connectivity index (χ0n) is 9.95. The van der Waals surface area contributed by atoms with Crippen LogP contribution in [0.2, 0.25) is 0 Å². The van der Waals surface area contributed by atoms with Crippen LogP contribution >= 0.6 is 15.9 Å². The van der Waals surface area contributed by atoms with Gasteiger partial charge in [-0.3, -0.25) is 4.79 Å². The van der Waals surface area contributed by atoms with E-state index in [1.165, 1.54) is 5.56 Å². The summed E-state index contributed by atoms with van der Waals surface area (Å²) in [5.74, 6) is 0.368. The Morgan fingerprint density at radius 3 is 2.65 bits per heavy atom. The van der Waals surface area contributed by atoms with E-state index in [4.69, 9.17) is 5.11 Å². The highest BCUT2D eigenvalue weighted by Gasteiger charge is 2.06. The number of phenols is 1.